The number of aliphatic carboxylic acids is 1. The molecule has 16 heavy (non-hydrogen) atoms. The number of carbonyl (C=O) groups is 1. The van der Waals surface area contributed by atoms with Gasteiger partial charge in [-0.3, -0.25) is 4.79 Å². The van der Waals surface area contributed by atoms with E-state index in [1.54, 1.807) is 6.92 Å². The van der Waals surface area contributed by atoms with Gasteiger partial charge in [-0.05, 0) is 24.0 Å². The Labute approximate surface area is 96.3 Å². The van der Waals surface area contributed by atoms with Crippen molar-refractivity contribution in [1.82, 2.24) is 0 Å². The molecular formula is C13H19NO2. The second-order valence-electron chi connectivity index (χ2n) is 4.18. The predicted octanol–water partition coefficient (Wildman–Crippen LogP) is 2.36. The van der Waals surface area contributed by atoms with Crippen LogP contribution in [0.3, 0.4) is 0 Å². The lowest BCUT2D eigenvalue weighted by Gasteiger charge is -2.15. The first-order chi connectivity index (χ1) is 7.54. The van der Waals surface area contributed by atoms with Crippen LogP contribution in [-0.2, 0) is 11.2 Å². The van der Waals surface area contributed by atoms with Crippen LogP contribution in [0.2, 0.25) is 0 Å². The molecule has 0 aromatic heterocycles. The van der Waals surface area contributed by atoms with Crippen molar-refractivity contribution in [3.63, 3.8) is 0 Å². The highest BCUT2D eigenvalue weighted by Gasteiger charge is 2.16. The lowest BCUT2D eigenvalue weighted by molar-refractivity contribution is -0.141. The van der Waals surface area contributed by atoms with Gasteiger partial charge in [-0.25, -0.2) is 0 Å². The number of hydrogen-bond acceptors (Lipinski definition) is 2. The van der Waals surface area contributed by atoms with E-state index in [9.17, 15) is 4.79 Å². The van der Waals surface area contributed by atoms with Gasteiger partial charge in [0.2, 0.25) is 0 Å². The zero-order valence-electron chi connectivity index (χ0n) is 9.81. The average Bonchev–Trinajstić information content (AvgIpc) is 2.28. The average molecular weight is 221 g/mol. The molecule has 0 amide bonds. The summed E-state index contributed by atoms with van der Waals surface area (Å²) >= 11 is 0. The summed E-state index contributed by atoms with van der Waals surface area (Å²) in [6.07, 6.45) is 1.47. The number of nitrogens with two attached hydrogens (primary N) is 1. The number of benzene rings is 1. The third-order valence-corrected chi connectivity index (χ3v) is 2.85. The molecule has 0 spiro atoms. The van der Waals surface area contributed by atoms with Gasteiger partial charge in [-0.2, -0.15) is 0 Å². The molecule has 0 saturated heterocycles. The SMILES string of the molecule is CCc1ccc(C(N)CC(C)C(=O)O)cc1. The van der Waals surface area contributed by atoms with Gasteiger partial charge >= 0.3 is 5.97 Å². The molecule has 0 aliphatic rings. The van der Waals surface area contributed by atoms with Crippen molar-refractivity contribution in [2.24, 2.45) is 11.7 Å². The van der Waals surface area contributed by atoms with E-state index in [0.717, 1.165) is 12.0 Å². The fraction of sp³-hybridized carbons (Fsp3) is 0.462. The van der Waals surface area contributed by atoms with Gasteiger partial charge in [-0.15, -0.1) is 0 Å². The van der Waals surface area contributed by atoms with E-state index in [0.29, 0.717) is 6.42 Å². The van der Waals surface area contributed by atoms with Gasteiger partial charge in [0, 0.05) is 6.04 Å². The first-order valence-corrected chi connectivity index (χ1v) is 5.61. The Morgan fingerprint density at radius 2 is 1.94 bits per heavy atom. The van der Waals surface area contributed by atoms with Gasteiger partial charge in [0.25, 0.3) is 0 Å². The molecule has 0 bridgehead atoms. The van der Waals surface area contributed by atoms with Crippen molar-refractivity contribution in [2.45, 2.75) is 32.7 Å². The Morgan fingerprint density at radius 1 is 1.38 bits per heavy atom. The second-order valence-corrected chi connectivity index (χ2v) is 4.18. The van der Waals surface area contributed by atoms with Crippen molar-refractivity contribution in [2.75, 3.05) is 0 Å². The molecule has 1 rings (SSSR count). The molecular weight excluding hydrogens is 202 g/mol. The van der Waals surface area contributed by atoms with Crippen molar-refractivity contribution >= 4 is 5.97 Å². The summed E-state index contributed by atoms with van der Waals surface area (Å²) < 4.78 is 0. The molecule has 0 heterocycles. The van der Waals surface area contributed by atoms with Gasteiger partial charge in [0.15, 0.2) is 0 Å². The molecule has 2 unspecified atom stereocenters. The van der Waals surface area contributed by atoms with Gasteiger partial charge in [0.05, 0.1) is 5.92 Å². The maximum atomic E-state index is 10.7. The van der Waals surface area contributed by atoms with Crippen LogP contribution in [0.5, 0.6) is 0 Å². The molecule has 3 nitrogen and oxygen atoms in total. The third kappa shape index (κ3) is 3.35. The highest BCUT2D eigenvalue weighted by Crippen LogP contribution is 2.19. The Hall–Kier alpha value is -1.35. The van der Waals surface area contributed by atoms with Crippen molar-refractivity contribution in [1.29, 1.82) is 0 Å². The molecule has 0 aliphatic heterocycles. The molecule has 3 N–H and O–H groups in total. The summed E-state index contributed by atoms with van der Waals surface area (Å²) in [5, 5.41) is 8.80. The lowest BCUT2D eigenvalue weighted by atomic mass is 9.96. The quantitative estimate of drug-likeness (QED) is 0.802. The molecule has 0 fully saturated rings. The molecule has 1 aromatic rings. The van der Waals surface area contributed by atoms with Crippen LogP contribution in [0, 0.1) is 5.92 Å². The summed E-state index contributed by atoms with van der Waals surface area (Å²) in [6, 6.07) is 7.86. The number of carboxylic acid groups (broad SMARTS) is 1. The van der Waals surface area contributed by atoms with E-state index in [-0.39, 0.29) is 6.04 Å². The molecule has 1 aromatic carbocycles. The maximum Gasteiger partial charge on any atom is 0.306 e. The van der Waals surface area contributed by atoms with Crippen LogP contribution >= 0.6 is 0 Å². The fourth-order valence-electron chi connectivity index (χ4n) is 1.62. The fourth-order valence-corrected chi connectivity index (χ4v) is 1.62. The van der Waals surface area contributed by atoms with Crippen LogP contribution in [0.25, 0.3) is 0 Å². The minimum Gasteiger partial charge on any atom is -0.481 e. The van der Waals surface area contributed by atoms with E-state index in [1.165, 1.54) is 5.56 Å². The molecule has 88 valence electrons. The monoisotopic (exact) mass is 221 g/mol. The van der Waals surface area contributed by atoms with Gasteiger partial charge in [0.1, 0.15) is 0 Å². The highest BCUT2D eigenvalue weighted by molar-refractivity contribution is 5.69. The van der Waals surface area contributed by atoms with Crippen LogP contribution in [-0.4, -0.2) is 11.1 Å². The van der Waals surface area contributed by atoms with E-state index >= 15 is 0 Å². The van der Waals surface area contributed by atoms with Crippen LogP contribution < -0.4 is 5.73 Å². The van der Waals surface area contributed by atoms with E-state index in [2.05, 4.69) is 6.92 Å². The summed E-state index contributed by atoms with van der Waals surface area (Å²) in [6.45, 7) is 3.78. The summed E-state index contributed by atoms with van der Waals surface area (Å²) in [7, 11) is 0. The molecule has 0 aliphatic carbocycles. The normalized spacial score (nSPS) is 14.4. The Balaban J connectivity index is 2.65. The van der Waals surface area contributed by atoms with E-state index < -0.39 is 11.9 Å². The third-order valence-electron chi connectivity index (χ3n) is 2.85. The van der Waals surface area contributed by atoms with Crippen molar-refractivity contribution in [3.8, 4) is 0 Å². The standard InChI is InChI=1S/C13H19NO2/c1-3-10-4-6-11(7-5-10)12(14)8-9(2)13(15)16/h4-7,9,12H,3,8,14H2,1-2H3,(H,15,16). The first-order valence-electron chi connectivity index (χ1n) is 5.61. The second kappa shape index (κ2) is 5.66. The summed E-state index contributed by atoms with van der Waals surface area (Å²) in [5.74, 6) is -1.19. The Morgan fingerprint density at radius 3 is 2.38 bits per heavy atom. The van der Waals surface area contributed by atoms with Crippen LogP contribution in [0.1, 0.15) is 37.4 Å². The topological polar surface area (TPSA) is 63.3 Å². The maximum absolute atomic E-state index is 10.7. The Bertz CT molecular complexity index is 345. The molecule has 0 radical (unpaired) electrons. The minimum atomic E-state index is -0.791. The Kier molecular flexibility index (Phi) is 4.50. The molecule has 3 heteroatoms. The smallest absolute Gasteiger partial charge is 0.306 e. The van der Waals surface area contributed by atoms with E-state index in [4.69, 9.17) is 10.8 Å². The zero-order valence-corrected chi connectivity index (χ0v) is 9.81. The van der Waals surface area contributed by atoms with Gasteiger partial charge in [-0.1, -0.05) is 38.1 Å². The summed E-state index contributed by atoms with van der Waals surface area (Å²) in [4.78, 5) is 10.7. The highest BCUT2D eigenvalue weighted by atomic mass is 16.4. The lowest BCUT2D eigenvalue weighted by Crippen LogP contribution is -2.19. The molecule has 2 atom stereocenters. The van der Waals surface area contributed by atoms with Crippen LogP contribution in [0.15, 0.2) is 24.3 Å². The first kappa shape index (κ1) is 12.7. The van der Waals surface area contributed by atoms with Crippen molar-refractivity contribution < 1.29 is 9.90 Å². The van der Waals surface area contributed by atoms with Gasteiger partial charge < -0.3 is 10.8 Å². The number of rotatable bonds is 5. The van der Waals surface area contributed by atoms with E-state index in [1.807, 2.05) is 24.3 Å². The van der Waals surface area contributed by atoms with Crippen LogP contribution in [0.4, 0.5) is 0 Å². The minimum absolute atomic E-state index is 0.197. The predicted molar refractivity (Wildman–Crippen MR) is 64.2 cm³/mol. The largest absolute Gasteiger partial charge is 0.481 e. The number of hydrogen-bond donors (Lipinski definition) is 2. The number of aryl methyl sites for hydroxylation is 1. The zero-order chi connectivity index (χ0) is 12.1. The summed E-state index contributed by atoms with van der Waals surface area (Å²) in [5.41, 5.74) is 8.23. The number of carboxylic acids is 1. The molecule has 0 saturated carbocycles. The van der Waals surface area contributed by atoms with Crippen molar-refractivity contribution in [3.05, 3.63) is 35.4 Å².